The average Bonchev–Trinajstić information content (AvgIpc) is 3.10. The number of rotatable bonds is 6. The molecule has 0 bridgehead atoms. The maximum atomic E-state index is 5.73. The smallest absolute Gasteiger partial charge is 0.191 e. The molecule has 1 unspecified atom stereocenters. The molecule has 22 heavy (non-hydrogen) atoms. The fourth-order valence-electron chi connectivity index (χ4n) is 2.58. The van der Waals surface area contributed by atoms with Gasteiger partial charge in [-0.1, -0.05) is 13.0 Å². The van der Waals surface area contributed by atoms with Gasteiger partial charge in [0.05, 0.1) is 5.60 Å². The summed E-state index contributed by atoms with van der Waals surface area (Å²) in [5.41, 5.74) is -0.144. The van der Waals surface area contributed by atoms with E-state index < -0.39 is 0 Å². The van der Waals surface area contributed by atoms with Crippen LogP contribution >= 0.6 is 11.3 Å². The van der Waals surface area contributed by atoms with Crippen LogP contribution in [-0.4, -0.2) is 52.0 Å². The minimum absolute atomic E-state index is 0.144. The Hall–Kier alpha value is -1.11. The van der Waals surface area contributed by atoms with Crippen LogP contribution in [0.2, 0.25) is 0 Å². The van der Waals surface area contributed by atoms with E-state index in [2.05, 4.69) is 40.1 Å². The van der Waals surface area contributed by atoms with E-state index in [9.17, 15) is 0 Å². The highest BCUT2D eigenvalue weighted by Crippen LogP contribution is 2.23. The van der Waals surface area contributed by atoms with Gasteiger partial charge in [-0.05, 0) is 11.4 Å². The summed E-state index contributed by atoms with van der Waals surface area (Å²) < 4.78 is 11.2. The van der Waals surface area contributed by atoms with Crippen molar-refractivity contribution in [3.63, 3.8) is 0 Å². The quantitative estimate of drug-likeness (QED) is 0.622. The second-order valence-corrected chi connectivity index (χ2v) is 6.70. The number of aliphatic imine (C=N–C) groups is 1. The summed E-state index contributed by atoms with van der Waals surface area (Å²) in [6, 6.07) is 4.27. The molecule has 0 spiro atoms. The monoisotopic (exact) mass is 325 g/mol. The van der Waals surface area contributed by atoms with E-state index in [0.717, 1.165) is 45.1 Å². The molecule has 0 saturated carbocycles. The zero-order valence-corrected chi connectivity index (χ0v) is 14.5. The summed E-state index contributed by atoms with van der Waals surface area (Å²) in [7, 11) is 3.58. The highest BCUT2D eigenvalue weighted by molar-refractivity contribution is 7.10. The zero-order valence-electron chi connectivity index (χ0n) is 13.7. The first kappa shape index (κ1) is 17.2. The first-order valence-corrected chi connectivity index (χ1v) is 8.68. The molecule has 5 nitrogen and oxygen atoms in total. The first-order chi connectivity index (χ1) is 10.7. The number of nitrogens with one attached hydrogen (secondary N) is 2. The SMILES string of the molecule is CN=C(NCC(C)c1cccs1)NCC1(OC)CCOCC1. The molecule has 0 radical (unpaired) electrons. The van der Waals surface area contributed by atoms with Gasteiger partial charge in [-0.25, -0.2) is 0 Å². The Bertz CT molecular complexity index is 456. The van der Waals surface area contributed by atoms with E-state index in [1.54, 1.807) is 25.5 Å². The van der Waals surface area contributed by atoms with Crippen LogP contribution in [0.5, 0.6) is 0 Å². The van der Waals surface area contributed by atoms with Crippen molar-refractivity contribution in [3.8, 4) is 0 Å². The van der Waals surface area contributed by atoms with Crippen LogP contribution in [0, 0.1) is 0 Å². The molecule has 1 saturated heterocycles. The normalized spacial score (nSPS) is 19.7. The number of nitrogens with zero attached hydrogens (tertiary/aromatic N) is 1. The molecule has 1 aromatic rings. The van der Waals surface area contributed by atoms with Crippen LogP contribution in [0.25, 0.3) is 0 Å². The van der Waals surface area contributed by atoms with Crippen LogP contribution in [0.3, 0.4) is 0 Å². The van der Waals surface area contributed by atoms with Gasteiger partial charge in [-0.15, -0.1) is 11.3 Å². The van der Waals surface area contributed by atoms with Crippen LogP contribution in [0.1, 0.15) is 30.6 Å². The van der Waals surface area contributed by atoms with E-state index in [1.807, 2.05) is 0 Å². The molecule has 6 heteroatoms. The molecule has 124 valence electrons. The van der Waals surface area contributed by atoms with Gasteiger partial charge in [0, 0.05) is 64.1 Å². The van der Waals surface area contributed by atoms with Gasteiger partial charge in [-0.3, -0.25) is 4.99 Å². The van der Waals surface area contributed by atoms with Crippen molar-refractivity contribution >= 4 is 17.3 Å². The molecule has 1 atom stereocenters. The van der Waals surface area contributed by atoms with Crippen molar-refractivity contribution in [1.82, 2.24) is 10.6 Å². The molecule has 1 fully saturated rings. The van der Waals surface area contributed by atoms with Crippen molar-refractivity contribution in [2.24, 2.45) is 4.99 Å². The average molecular weight is 325 g/mol. The van der Waals surface area contributed by atoms with E-state index >= 15 is 0 Å². The molecule has 2 heterocycles. The Kier molecular flexibility index (Phi) is 6.67. The molecule has 2 N–H and O–H groups in total. The summed E-state index contributed by atoms with van der Waals surface area (Å²) in [6.07, 6.45) is 1.83. The third-order valence-electron chi connectivity index (χ3n) is 4.24. The van der Waals surface area contributed by atoms with E-state index in [-0.39, 0.29) is 5.60 Å². The molecule has 2 rings (SSSR count). The Labute approximate surface area is 137 Å². The van der Waals surface area contributed by atoms with Crippen molar-refractivity contribution in [2.75, 3.05) is 40.5 Å². The Morgan fingerprint density at radius 3 is 2.82 bits per heavy atom. The van der Waals surface area contributed by atoms with Crippen LogP contribution in [0.15, 0.2) is 22.5 Å². The van der Waals surface area contributed by atoms with Gasteiger partial charge in [0.1, 0.15) is 0 Å². The van der Waals surface area contributed by atoms with Crippen molar-refractivity contribution < 1.29 is 9.47 Å². The van der Waals surface area contributed by atoms with Crippen molar-refractivity contribution in [2.45, 2.75) is 31.3 Å². The number of thiophene rings is 1. The van der Waals surface area contributed by atoms with Crippen molar-refractivity contribution in [3.05, 3.63) is 22.4 Å². The molecule has 0 amide bonds. The van der Waals surface area contributed by atoms with E-state index in [1.165, 1.54) is 4.88 Å². The van der Waals surface area contributed by atoms with Crippen LogP contribution < -0.4 is 10.6 Å². The molecular formula is C16H27N3O2S. The number of ether oxygens (including phenoxy) is 2. The minimum Gasteiger partial charge on any atom is -0.381 e. The number of methoxy groups -OCH3 is 1. The van der Waals surface area contributed by atoms with Crippen LogP contribution in [0.4, 0.5) is 0 Å². The van der Waals surface area contributed by atoms with Gasteiger partial charge in [0.2, 0.25) is 0 Å². The highest BCUT2D eigenvalue weighted by Gasteiger charge is 2.32. The third-order valence-corrected chi connectivity index (χ3v) is 5.35. The number of hydrogen-bond acceptors (Lipinski definition) is 4. The number of guanidine groups is 1. The number of hydrogen-bond donors (Lipinski definition) is 2. The molecule has 1 aliphatic rings. The molecule has 0 aliphatic carbocycles. The van der Waals surface area contributed by atoms with Gasteiger partial charge in [0.15, 0.2) is 5.96 Å². The second kappa shape index (κ2) is 8.50. The molecular weight excluding hydrogens is 298 g/mol. The van der Waals surface area contributed by atoms with Crippen LogP contribution in [-0.2, 0) is 9.47 Å². The van der Waals surface area contributed by atoms with Gasteiger partial charge >= 0.3 is 0 Å². The lowest BCUT2D eigenvalue weighted by Gasteiger charge is -2.36. The summed E-state index contributed by atoms with van der Waals surface area (Å²) in [5.74, 6) is 1.30. The zero-order chi connectivity index (χ0) is 15.8. The third kappa shape index (κ3) is 4.69. The van der Waals surface area contributed by atoms with E-state index in [4.69, 9.17) is 9.47 Å². The highest BCUT2D eigenvalue weighted by atomic mass is 32.1. The molecule has 1 aliphatic heterocycles. The Balaban J connectivity index is 1.79. The largest absolute Gasteiger partial charge is 0.381 e. The fourth-order valence-corrected chi connectivity index (χ4v) is 3.37. The van der Waals surface area contributed by atoms with Gasteiger partial charge in [-0.2, -0.15) is 0 Å². The first-order valence-electron chi connectivity index (χ1n) is 7.80. The summed E-state index contributed by atoms with van der Waals surface area (Å²) in [4.78, 5) is 5.69. The Morgan fingerprint density at radius 2 is 2.23 bits per heavy atom. The topological polar surface area (TPSA) is 54.9 Å². The lowest BCUT2D eigenvalue weighted by atomic mass is 9.94. The lowest BCUT2D eigenvalue weighted by molar-refractivity contribution is -0.0855. The van der Waals surface area contributed by atoms with Gasteiger partial charge < -0.3 is 20.1 Å². The maximum Gasteiger partial charge on any atom is 0.191 e. The lowest BCUT2D eigenvalue weighted by Crippen LogP contribution is -2.51. The van der Waals surface area contributed by atoms with Crippen molar-refractivity contribution in [1.29, 1.82) is 0 Å². The summed E-state index contributed by atoms with van der Waals surface area (Å²) in [6.45, 7) is 5.36. The predicted molar refractivity (Wildman–Crippen MR) is 91.9 cm³/mol. The molecule has 0 aromatic carbocycles. The Morgan fingerprint density at radius 1 is 1.45 bits per heavy atom. The summed E-state index contributed by atoms with van der Waals surface area (Å²) in [5, 5.41) is 8.91. The second-order valence-electron chi connectivity index (χ2n) is 5.72. The maximum absolute atomic E-state index is 5.73. The summed E-state index contributed by atoms with van der Waals surface area (Å²) >= 11 is 1.80. The van der Waals surface area contributed by atoms with E-state index in [0.29, 0.717) is 5.92 Å². The minimum atomic E-state index is -0.144. The molecule has 1 aromatic heterocycles. The van der Waals surface area contributed by atoms with Gasteiger partial charge in [0.25, 0.3) is 0 Å². The predicted octanol–water partition coefficient (Wildman–Crippen LogP) is 2.21. The standard InChI is InChI=1S/C16H27N3O2S/c1-13(14-5-4-10-22-14)11-18-15(17-2)19-12-16(20-3)6-8-21-9-7-16/h4-5,10,13H,6-9,11-12H2,1-3H3,(H2,17,18,19). The fraction of sp³-hybridized carbons (Fsp3) is 0.688.